The molecule has 0 unspecified atom stereocenters. The Morgan fingerprint density at radius 2 is 2.16 bits per heavy atom. The van der Waals surface area contributed by atoms with E-state index in [4.69, 9.17) is 4.74 Å². The zero-order valence-corrected chi connectivity index (χ0v) is 14.9. The number of methoxy groups -OCH3 is 1. The summed E-state index contributed by atoms with van der Waals surface area (Å²) >= 11 is 0. The van der Waals surface area contributed by atoms with E-state index in [1.165, 1.54) is 10.8 Å². The Balaban J connectivity index is 1.72. The minimum absolute atomic E-state index is 0.0164. The number of hydrogen-bond donors (Lipinski definition) is 0. The van der Waals surface area contributed by atoms with E-state index in [2.05, 4.69) is 9.88 Å². The van der Waals surface area contributed by atoms with Crippen molar-refractivity contribution in [1.29, 1.82) is 0 Å². The first-order valence-corrected chi connectivity index (χ1v) is 8.41. The summed E-state index contributed by atoms with van der Waals surface area (Å²) in [6.45, 7) is 1.51. The number of aromatic nitrogens is 2. The summed E-state index contributed by atoms with van der Waals surface area (Å²) in [5, 5.41) is 0. The van der Waals surface area contributed by atoms with Crippen LogP contribution in [0.5, 0.6) is 0 Å². The van der Waals surface area contributed by atoms with E-state index in [0.29, 0.717) is 17.6 Å². The summed E-state index contributed by atoms with van der Waals surface area (Å²) in [6.07, 6.45) is 2.39. The van der Waals surface area contributed by atoms with Crippen LogP contribution in [0.25, 0.3) is 11.0 Å². The smallest absolute Gasteiger partial charge is 0.269 e. The monoisotopic (exact) mass is 344 g/mol. The van der Waals surface area contributed by atoms with Gasteiger partial charge in [0.1, 0.15) is 6.54 Å². The molecule has 134 valence electrons. The highest BCUT2D eigenvalue weighted by Crippen LogP contribution is 2.18. The molecule has 0 aliphatic carbocycles. The average Bonchev–Trinajstić information content (AvgIpc) is 2.97. The van der Waals surface area contributed by atoms with Crippen LogP contribution in [0.4, 0.5) is 0 Å². The van der Waals surface area contributed by atoms with Crippen molar-refractivity contribution in [1.82, 2.24) is 19.4 Å². The van der Waals surface area contributed by atoms with Crippen molar-refractivity contribution in [3.8, 4) is 0 Å². The standard InChI is InChI=1S/C18H24N4O3/c1-20-11-14(25-3)8-13(20)10-21(2)18(24)12-22-16-7-5-4-6-15(16)19-9-17(22)23/h4-7,9,13-14H,8,10-12H2,1-3H3/t13-,14-/m0/s1. The molecule has 1 fully saturated rings. The maximum Gasteiger partial charge on any atom is 0.269 e. The molecule has 3 rings (SSSR count). The first-order chi connectivity index (χ1) is 12.0. The largest absolute Gasteiger partial charge is 0.380 e. The molecule has 2 heterocycles. The van der Waals surface area contributed by atoms with Gasteiger partial charge in [-0.1, -0.05) is 12.1 Å². The highest BCUT2D eigenvalue weighted by atomic mass is 16.5. The minimum atomic E-state index is -0.266. The molecular weight excluding hydrogens is 320 g/mol. The van der Waals surface area contributed by atoms with Crippen molar-refractivity contribution in [2.45, 2.75) is 25.1 Å². The van der Waals surface area contributed by atoms with Gasteiger partial charge in [0.05, 0.1) is 23.3 Å². The fraction of sp³-hybridized carbons (Fsp3) is 0.500. The second-order valence-electron chi connectivity index (χ2n) is 6.63. The van der Waals surface area contributed by atoms with Gasteiger partial charge in [-0.2, -0.15) is 0 Å². The van der Waals surface area contributed by atoms with Crippen LogP contribution in [0, 0.1) is 0 Å². The van der Waals surface area contributed by atoms with Crippen molar-refractivity contribution < 1.29 is 9.53 Å². The third-order valence-corrected chi connectivity index (χ3v) is 4.94. The summed E-state index contributed by atoms with van der Waals surface area (Å²) in [5.74, 6) is -0.0901. The molecule has 1 aromatic carbocycles. The SMILES string of the molecule is CO[C@H]1C[C@@H](CN(C)C(=O)Cn2c(=O)cnc3ccccc32)N(C)C1. The number of likely N-dealkylation sites (N-methyl/N-ethyl adjacent to an activating group) is 2. The Bertz CT molecular complexity index is 819. The number of rotatable bonds is 5. The molecule has 0 bridgehead atoms. The number of amides is 1. The van der Waals surface area contributed by atoms with E-state index in [1.54, 1.807) is 19.1 Å². The Morgan fingerprint density at radius 3 is 2.88 bits per heavy atom. The van der Waals surface area contributed by atoms with Gasteiger partial charge in [0.15, 0.2) is 0 Å². The third-order valence-electron chi connectivity index (χ3n) is 4.94. The number of fused-ring (bicyclic) bond motifs is 1. The molecule has 1 aliphatic heterocycles. The molecule has 0 spiro atoms. The predicted molar refractivity (Wildman–Crippen MR) is 95.5 cm³/mol. The molecule has 1 aromatic heterocycles. The van der Waals surface area contributed by atoms with Crippen LogP contribution in [-0.4, -0.2) is 71.7 Å². The number of hydrogen-bond acceptors (Lipinski definition) is 5. The van der Waals surface area contributed by atoms with Crippen LogP contribution in [0.2, 0.25) is 0 Å². The van der Waals surface area contributed by atoms with E-state index in [1.807, 2.05) is 31.3 Å². The van der Waals surface area contributed by atoms with Gasteiger partial charge in [-0.25, -0.2) is 4.98 Å². The molecule has 7 heteroatoms. The fourth-order valence-electron chi connectivity index (χ4n) is 3.36. The van der Waals surface area contributed by atoms with Gasteiger partial charge in [0, 0.05) is 33.3 Å². The molecule has 2 aromatic rings. The van der Waals surface area contributed by atoms with Gasteiger partial charge in [-0.3, -0.25) is 19.1 Å². The van der Waals surface area contributed by atoms with Gasteiger partial charge < -0.3 is 9.64 Å². The number of carbonyl (C=O) groups is 1. The molecule has 0 N–H and O–H groups in total. The number of carbonyl (C=O) groups excluding carboxylic acids is 1. The lowest BCUT2D eigenvalue weighted by atomic mass is 10.2. The molecule has 1 amide bonds. The molecular formula is C18H24N4O3. The summed E-state index contributed by atoms with van der Waals surface area (Å²) in [4.78, 5) is 32.9. The highest BCUT2D eigenvalue weighted by molar-refractivity contribution is 5.79. The fourth-order valence-corrected chi connectivity index (χ4v) is 3.36. The number of likely N-dealkylation sites (tertiary alicyclic amines) is 1. The lowest BCUT2D eigenvalue weighted by Crippen LogP contribution is -2.41. The zero-order chi connectivity index (χ0) is 18.0. The van der Waals surface area contributed by atoms with Crippen molar-refractivity contribution in [3.63, 3.8) is 0 Å². The summed E-state index contributed by atoms with van der Waals surface area (Å²) < 4.78 is 6.90. The lowest BCUT2D eigenvalue weighted by Gasteiger charge is -2.26. The van der Waals surface area contributed by atoms with Crippen LogP contribution < -0.4 is 5.56 Å². The van der Waals surface area contributed by atoms with Crippen molar-refractivity contribution in [2.75, 3.05) is 34.3 Å². The number of ether oxygens (including phenoxy) is 1. The summed E-state index contributed by atoms with van der Waals surface area (Å²) in [5.41, 5.74) is 1.11. The van der Waals surface area contributed by atoms with Crippen LogP contribution >= 0.6 is 0 Å². The molecule has 2 atom stereocenters. The van der Waals surface area contributed by atoms with E-state index in [9.17, 15) is 9.59 Å². The Hall–Kier alpha value is -2.25. The van der Waals surface area contributed by atoms with Crippen LogP contribution in [0.15, 0.2) is 35.3 Å². The number of benzene rings is 1. The van der Waals surface area contributed by atoms with Crippen LogP contribution in [0.1, 0.15) is 6.42 Å². The molecule has 25 heavy (non-hydrogen) atoms. The molecule has 7 nitrogen and oxygen atoms in total. The molecule has 0 radical (unpaired) electrons. The normalized spacial score (nSPS) is 20.9. The van der Waals surface area contributed by atoms with Gasteiger partial charge >= 0.3 is 0 Å². The van der Waals surface area contributed by atoms with Crippen molar-refractivity contribution in [2.24, 2.45) is 0 Å². The number of para-hydroxylation sites is 2. The van der Waals surface area contributed by atoms with E-state index in [-0.39, 0.29) is 30.2 Å². The zero-order valence-electron chi connectivity index (χ0n) is 14.9. The Kier molecular flexibility index (Phi) is 5.15. The first-order valence-electron chi connectivity index (χ1n) is 8.41. The maximum absolute atomic E-state index is 12.6. The molecule has 1 aliphatic rings. The highest BCUT2D eigenvalue weighted by Gasteiger charge is 2.31. The van der Waals surface area contributed by atoms with Gasteiger partial charge in [0.2, 0.25) is 5.91 Å². The van der Waals surface area contributed by atoms with Gasteiger partial charge in [0.25, 0.3) is 5.56 Å². The van der Waals surface area contributed by atoms with Crippen LogP contribution in [0.3, 0.4) is 0 Å². The van der Waals surface area contributed by atoms with Crippen molar-refractivity contribution >= 4 is 16.9 Å². The maximum atomic E-state index is 12.6. The van der Waals surface area contributed by atoms with Gasteiger partial charge in [-0.15, -0.1) is 0 Å². The van der Waals surface area contributed by atoms with Crippen molar-refractivity contribution in [3.05, 3.63) is 40.8 Å². The van der Waals surface area contributed by atoms with E-state index < -0.39 is 0 Å². The quantitative estimate of drug-likeness (QED) is 0.793. The van der Waals surface area contributed by atoms with Crippen LogP contribution in [-0.2, 0) is 16.1 Å². The second kappa shape index (κ2) is 7.33. The van der Waals surface area contributed by atoms with E-state index in [0.717, 1.165) is 13.0 Å². The third kappa shape index (κ3) is 3.72. The Morgan fingerprint density at radius 1 is 1.40 bits per heavy atom. The minimum Gasteiger partial charge on any atom is -0.380 e. The summed E-state index contributed by atoms with van der Waals surface area (Å²) in [7, 11) is 5.55. The summed E-state index contributed by atoms with van der Waals surface area (Å²) in [6, 6.07) is 7.61. The number of nitrogens with zero attached hydrogens (tertiary/aromatic N) is 4. The topological polar surface area (TPSA) is 67.7 Å². The Labute approximate surface area is 146 Å². The van der Waals surface area contributed by atoms with Gasteiger partial charge in [-0.05, 0) is 25.6 Å². The molecule has 1 saturated heterocycles. The van der Waals surface area contributed by atoms with E-state index >= 15 is 0 Å². The predicted octanol–water partition coefficient (Wildman–Crippen LogP) is 0.574. The lowest BCUT2D eigenvalue weighted by molar-refractivity contribution is -0.131. The average molecular weight is 344 g/mol. The first kappa shape index (κ1) is 17.6. The molecule has 0 saturated carbocycles. The second-order valence-corrected chi connectivity index (χ2v) is 6.63.